The summed E-state index contributed by atoms with van der Waals surface area (Å²) in [4.78, 5) is 0. The van der Waals surface area contributed by atoms with Crippen molar-refractivity contribution < 1.29 is 4.42 Å². The summed E-state index contributed by atoms with van der Waals surface area (Å²) in [6.45, 7) is 2.36. The van der Waals surface area contributed by atoms with Gasteiger partial charge in [-0.1, -0.05) is 73.7 Å². The molecule has 1 unspecified atom stereocenters. The van der Waals surface area contributed by atoms with E-state index in [4.69, 9.17) is 4.42 Å². The summed E-state index contributed by atoms with van der Waals surface area (Å²) in [5.41, 5.74) is 9.74. The van der Waals surface area contributed by atoms with Gasteiger partial charge in [0.25, 0.3) is 0 Å². The van der Waals surface area contributed by atoms with Gasteiger partial charge in [-0.05, 0) is 65.4 Å². The molecule has 1 atom stereocenters. The van der Waals surface area contributed by atoms with Gasteiger partial charge in [0.1, 0.15) is 11.2 Å². The highest BCUT2D eigenvalue weighted by molar-refractivity contribution is 6.06. The van der Waals surface area contributed by atoms with E-state index in [9.17, 15) is 0 Å². The smallest absolute Gasteiger partial charge is 0.135 e. The van der Waals surface area contributed by atoms with Crippen LogP contribution in [-0.2, 0) is 0 Å². The van der Waals surface area contributed by atoms with Gasteiger partial charge in [-0.25, -0.2) is 0 Å². The first-order valence-corrected chi connectivity index (χ1v) is 11.6. The van der Waals surface area contributed by atoms with E-state index < -0.39 is 0 Å². The average molecular weight is 426 g/mol. The van der Waals surface area contributed by atoms with Crippen LogP contribution in [0.3, 0.4) is 0 Å². The Bertz CT molecular complexity index is 1700. The predicted molar refractivity (Wildman–Crippen MR) is 138 cm³/mol. The summed E-state index contributed by atoms with van der Waals surface area (Å²) in [7, 11) is 0. The highest BCUT2D eigenvalue weighted by Crippen LogP contribution is 2.44. The summed E-state index contributed by atoms with van der Waals surface area (Å²) in [6, 6.07) is 34.5. The minimum absolute atomic E-state index is 0.449. The summed E-state index contributed by atoms with van der Waals surface area (Å²) in [5, 5.41) is 3.67. The molecule has 0 radical (unpaired) electrons. The first kappa shape index (κ1) is 18.5. The number of fused-ring (bicyclic) bond motifs is 6. The Balaban J connectivity index is 1.54. The molecule has 7 rings (SSSR count). The number of hydrogen-bond acceptors (Lipinski definition) is 1. The highest BCUT2D eigenvalue weighted by atomic mass is 16.3. The third-order valence-corrected chi connectivity index (χ3v) is 7.04. The predicted octanol–water partition coefficient (Wildman–Crippen LogP) is 8.58. The van der Waals surface area contributed by atoms with E-state index in [2.05, 4.69) is 102 Å². The second-order valence-electron chi connectivity index (χ2n) is 9.07. The lowest BCUT2D eigenvalue weighted by Crippen LogP contribution is -2.06. The number of hydrogen-bond donors (Lipinski definition) is 0. The van der Waals surface area contributed by atoms with Crippen molar-refractivity contribution in [2.75, 3.05) is 0 Å². The second kappa shape index (κ2) is 6.98. The molecule has 0 aliphatic heterocycles. The van der Waals surface area contributed by atoms with Crippen molar-refractivity contribution in [1.82, 2.24) is 4.57 Å². The zero-order valence-electron chi connectivity index (χ0n) is 18.5. The molecule has 0 amide bonds. The SMILES string of the molecule is CC1CC(c2ccccc2)=Cc2c1c1ccccc1n2-c1ccc2oc3ccccc3c2c1. The van der Waals surface area contributed by atoms with Crippen LogP contribution in [0.25, 0.3) is 50.2 Å². The molecule has 0 N–H and O–H groups in total. The molecular formula is C31H23NO. The maximum Gasteiger partial charge on any atom is 0.135 e. The lowest BCUT2D eigenvalue weighted by Gasteiger charge is -2.22. The van der Waals surface area contributed by atoms with E-state index in [0.29, 0.717) is 5.92 Å². The quantitative estimate of drug-likeness (QED) is 0.272. The number of rotatable bonds is 2. The third kappa shape index (κ3) is 2.74. The van der Waals surface area contributed by atoms with Crippen LogP contribution >= 0.6 is 0 Å². The lowest BCUT2D eigenvalue weighted by atomic mass is 9.83. The molecule has 33 heavy (non-hydrogen) atoms. The zero-order valence-corrected chi connectivity index (χ0v) is 18.5. The number of furan rings is 1. The fourth-order valence-corrected chi connectivity index (χ4v) is 5.59. The second-order valence-corrected chi connectivity index (χ2v) is 9.07. The molecule has 0 saturated carbocycles. The van der Waals surface area contributed by atoms with Crippen LogP contribution < -0.4 is 0 Å². The highest BCUT2D eigenvalue weighted by Gasteiger charge is 2.26. The summed E-state index contributed by atoms with van der Waals surface area (Å²) >= 11 is 0. The van der Waals surface area contributed by atoms with Gasteiger partial charge in [-0.3, -0.25) is 0 Å². The van der Waals surface area contributed by atoms with Crippen molar-refractivity contribution in [3.8, 4) is 5.69 Å². The molecule has 1 aliphatic rings. The Kier molecular flexibility index (Phi) is 3.92. The molecule has 0 saturated heterocycles. The summed E-state index contributed by atoms with van der Waals surface area (Å²) in [6.07, 6.45) is 3.46. The van der Waals surface area contributed by atoms with E-state index >= 15 is 0 Å². The van der Waals surface area contributed by atoms with Crippen LogP contribution in [0, 0.1) is 0 Å². The minimum Gasteiger partial charge on any atom is -0.456 e. The molecule has 2 heterocycles. The molecule has 1 aliphatic carbocycles. The number of nitrogens with zero attached hydrogens (tertiary/aromatic N) is 1. The van der Waals surface area contributed by atoms with Crippen LogP contribution in [0.4, 0.5) is 0 Å². The Morgan fingerprint density at radius 2 is 1.45 bits per heavy atom. The summed E-state index contributed by atoms with van der Waals surface area (Å²) in [5.74, 6) is 0.449. The van der Waals surface area contributed by atoms with Gasteiger partial charge in [0.15, 0.2) is 0 Å². The number of para-hydroxylation sites is 2. The van der Waals surface area contributed by atoms with Crippen molar-refractivity contribution >= 4 is 44.5 Å². The van der Waals surface area contributed by atoms with Gasteiger partial charge >= 0.3 is 0 Å². The molecule has 2 heteroatoms. The average Bonchev–Trinajstić information content (AvgIpc) is 3.40. The number of aromatic nitrogens is 1. The lowest BCUT2D eigenvalue weighted by molar-refractivity contribution is 0.669. The van der Waals surface area contributed by atoms with E-state index in [1.807, 2.05) is 12.1 Å². The zero-order chi connectivity index (χ0) is 21.9. The van der Waals surface area contributed by atoms with Crippen LogP contribution in [0.15, 0.2) is 101 Å². The first-order chi connectivity index (χ1) is 16.3. The summed E-state index contributed by atoms with van der Waals surface area (Å²) < 4.78 is 8.53. The van der Waals surface area contributed by atoms with Crippen LogP contribution in [0.1, 0.15) is 36.1 Å². The maximum atomic E-state index is 6.10. The van der Waals surface area contributed by atoms with Gasteiger partial charge in [-0.2, -0.15) is 0 Å². The van der Waals surface area contributed by atoms with Crippen molar-refractivity contribution in [3.63, 3.8) is 0 Å². The fraction of sp³-hybridized carbons (Fsp3) is 0.0968. The topological polar surface area (TPSA) is 18.1 Å². The molecule has 4 aromatic carbocycles. The third-order valence-electron chi connectivity index (χ3n) is 7.04. The standard InChI is InChI=1S/C31H23NO/c1-20-17-22(21-9-3-2-4-10-21)18-28-31(20)25-12-5-7-13-27(25)32(28)23-15-16-30-26(19-23)24-11-6-8-14-29(24)33-30/h2-16,18-20H,17H2,1H3. The first-order valence-electron chi connectivity index (χ1n) is 11.6. The van der Waals surface area contributed by atoms with Crippen molar-refractivity contribution in [2.24, 2.45) is 0 Å². The largest absolute Gasteiger partial charge is 0.456 e. The van der Waals surface area contributed by atoms with Gasteiger partial charge in [-0.15, -0.1) is 0 Å². The number of benzene rings is 4. The Hall–Kier alpha value is -4.04. The molecular weight excluding hydrogens is 402 g/mol. The van der Waals surface area contributed by atoms with Gasteiger partial charge in [0, 0.05) is 21.8 Å². The van der Waals surface area contributed by atoms with Gasteiger partial charge in [0.05, 0.1) is 11.2 Å². The van der Waals surface area contributed by atoms with Crippen molar-refractivity contribution in [1.29, 1.82) is 0 Å². The van der Waals surface area contributed by atoms with Crippen LogP contribution in [0.2, 0.25) is 0 Å². The monoisotopic (exact) mass is 425 g/mol. The Labute approximate surface area is 192 Å². The Morgan fingerprint density at radius 3 is 2.33 bits per heavy atom. The minimum atomic E-state index is 0.449. The molecule has 0 fully saturated rings. The fourth-order valence-electron chi connectivity index (χ4n) is 5.59. The van der Waals surface area contributed by atoms with Crippen molar-refractivity contribution in [3.05, 3.63) is 114 Å². The molecule has 2 nitrogen and oxygen atoms in total. The maximum absolute atomic E-state index is 6.10. The van der Waals surface area contributed by atoms with E-state index in [1.54, 1.807) is 0 Å². The van der Waals surface area contributed by atoms with Gasteiger partial charge in [0.2, 0.25) is 0 Å². The van der Waals surface area contributed by atoms with E-state index in [-0.39, 0.29) is 0 Å². The molecule has 0 bridgehead atoms. The molecule has 158 valence electrons. The molecule has 0 spiro atoms. The van der Waals surface area contributed by atoms with E-state index in [1.165, 1.54) is 39.0 Å². The van der Waals surface area contributed by atoms with Gasteiger partial charge < -0.3 is 8.98 Å². The molecule has 6 aromatic rings. The van der Waals surface area contributed by atoms with Crippen molar-refractivity contribution in [2.45, 2.75) is 19.3 Å². The Morgan fingerprint density at radius 1 is 0.727 bits per heavy atom. The van der Waals surface area contributed by atoms with Crippen LogP contribution in [-0.4, -0.2) is 4.57 Å². The number of allylic oxidation sites excluding steroid dienone is 1. The van der Waals surface area contributed by atoms with E-state index in [0.717, 1.165) is 28.4 Å². The van der Waals surface area contributed by atoms with Crippen LogP contribution in [0.5, 0.6) is 0 Å². The normalized spacial score (nSPS) is 15.8. The molecule has 2 aromatic heterocycles.